The zero-order valence-electron chi connectivity index (χ0n) is 19.3. The number of aromatic amines is 1. The molecule has 32 heavy (non-hydrogen) atoms. The van der Waals surface area contributed by atoms with Crippen molar-refractivity contribution in [1.29, 1.82) is 0 Å². The number of carbonyl (C=O) groups is 2. The minimum atomic E-state index is -0.259. The number of aromatic nitrogens is 1. The predicted octanol–water partition coefficient (Wildman–Crippen LogP) is 5.99. The number of ketones is 1. The smallest absolute Gasteiger partial charge is 0.256 e. The zero-order valence-corrected chi connectivity index (χ0v) is 19.3. The number of carbonyl (C=O) groups excluding carboxylic acids is 2. The molecule has 0 bridgehead atoms. The summed E-state index contributed by atoms with van der Waals surface area (Å²) in [6, 6.07) is 13.6. The number of hydrogen-bond acceptors (Lipinski definition) is 3. The van der Waals surface area contributed by atoms with E-state index >= 15 is 0 Å². The van der Waals surface area contributed by atoms with Crippen LogP contribution in [0.15, 0.2) is 48.7 Å². The molecule has 1 fully saturated rings. The molecule has 5 heteroatoms. The molecule has 1 aliphatic rings. The number of rotatable bonds is 7. The summed E-state index contributed by atoms with van der Waals surface area (Å²) in [7, 11) is 0. The molecule has 1 amide bonds. The standard InChI is InChI=1S/C27H33N3O2/c1-4-21(5-2)30-14-12-19(13-15-30)25-17-28-26-11-10-20(16-24(25)26)29-27(32)23-9-7-6-8-22(23)18(3)31/h6-11,16-17,19,21,28H,4-5,12-15H2,1-3H3,(H,29,32). The highest BCUT2D eigenvalue weighted by atomic mass is 16.2. The van der Waals surface area contributed by atoms with Gasteiger partial charge in [0.15, 0.2) is 5.78 Å². The van der Waals surface area contributed by atoms with Crippen LogP contribution in [-0.4, -0.2) is 40.7 Å². The molecule has 2 aromatic carbocycles. The van der Waals surface area contributed by atoms with Gasteiger partial charge in [0.2, 0.25) is 0 Å². The van der Waals surface area contributed by atoms with Gasteiger partial charge in [0, 0.05) is 34.4 Å². The fourth-order valence-electron chi connectivity index (χ4n) is 5.12. The van der Waals surface area contributed by atoms with Crippen LogP contribution in [0.3, 0.4) is 0 Å². The molecule has 0 unspecified atom stereocenters. The van der Waals surface area contributed by atoms with Crippen LogP contribution in [0.1, 0.15) is 78.7 Å². The summed E-state index contributed by atoms with van der Waals surface area (Å²) in [6.07, 6.45) is 6.88. The van der Waals surface area contributed by atoms with Crippen LogP contribution >= 0.6 is 0 Å². The molecule has 1 aromatic heterocycles. The molecular formula is C27H33N3O2. The van der Waals surface area contributed by atoms with Crippen molar-refractivity contribution < 1.29 is 9.59 Å². The van der Waals surface area contributed by atoms with Gasteiger partial charge in [-0.25, -0.2) is 0 Å². The maximum absolute atomic E-state index is 12.9. The Morgan fingerprint density at radius 3 is 2.41 bits per heavy atom. The van der Waals surface area contributed by atoms with Crippen LogP contribution in [0.4, 0.5) is 5.69 Å². The van der Waals surface area contributed by atoms with E-state index in [0.717, 1.165) is 37.1 Å². The number of piperidine rings is 1. The van der Waals surface area contributed by atoms with Crippen molar-refractivity contribution in [2.45, 2.75) is 58.4 Å². The third-order valence-corrected chi connectivity index (χ3v) is 6.95. The van der Waals surface area contributed by atoms with Crippen molar-refractivity contribution in [2.75, 3.05) is 18.4 Å². The molecule has 1 aliphatic heterocycles. The van der Waals surface area contributed by atoms with Crippen molar-refractivity contribution in [2.24, 2.45) is 0 Å². The Hall–Kier alpha value is -2.92. The molecular weight excluding hydrogens is 398 g/mol. The lowest BCUT2D eigenvalue weighted by molar-refractivity contribution is 0.0985. The topological polar surface area (TPSA) is 65.2 Å². The first-order valence-electron chi connectivity index (χ1n) is 11.8. The van der Waals surface area contributed by atoms with Gasteiger partial charge in [-0.3, -0.25) is 9.59 Å². The summed E-state index contributed by atoms with van der Waals surface area (Å²) >= 11 is 0. The minimum Gasteiger partial charge on any atom is -0.361 e. The molecule has 1 saturated heterocycles. The first-order chi connectivity index (χ1) is 15.5. The first kappa shape index (κ1) is 22.3. The summed E-state index contributed by atoms with van der Waals surface area (Å²) < 4.78 is 0. The number of benzene rings is 2. The van der Waals surface area contributed by atoms with Crippen molar-refractivity contribution >= 4 is 28.3 Å². The normalized spacial score (nSPS) is 15.4. The minimum absolute atomic E-state index is 0.112. The monoisotopic (exact) mass is 431 g/mol. The van der Waals surface area contributed by atoms with Gasteiger partial charge in [-0.15, -0.1) is 0 Å². The first-order valence-corrected chi connectivity index (χ1v) is 11.8. The fourth-order valence-corrected chi connectivity index (χ4v) is 5.12. The Morgan fingerprint density at radius 1 is 1.06 bits per heavy atom. The van der Waals surface area contributed by atoms with Crippen LogP contribution in [0.25, 0.3) is 10.9 Å². The number of fused-ring (bicyclic) bond motifs is 1. The molecule has 5 nitrogen and oxygen atoms in total. The van der Waals surface area contributed by atoms with Gasteiger partial charge in [-0.1, -0.05) is 32.0 Å². The van der Waals surface area contributed by atoms with Crippen molar-refractivity contribution in [3.05, 3.63) is 65.4 Å². The van der Waals surface area contributed by atoms with Crippen molar-refractivity contribution in [3.63, 3.8) is 0 Å². The Kier molecular flexibility index (Phi) is 6.75. The molecule has 4 rings (SSSR count). The molecule has 0 spiro atoms. The second-order valence-electron chi connectivity index (χ2n) is 8.84. The van der Waals surface area contributed by atoms with Crippen LogP contribution in [0.5, 0.6) is 0 Å². The van der Waals surface area contributed by atoms with Gasteiger partial charge in [0.1, 0.15) is 0 Å². The van der Waals surface area contributed by atoms with Crippen molar-refractivity contribution in [3.8, 4) is 0 Å². The number of H-pyrrole nitrogens is 1. The zero-order chi connectivity index (χ0) is 22.7. The van der Waals surface area contributed by atoms with E-state index in [0.29, 0.717) is 23.1 Å². The van der Waals surface area contributed by atoms with E-state index in [1.54, 1.807) is 24.3 Å². The number of likely N-dealkylation sites (tertiary alicyclic amines) is 1. The summed E-state index contributed by atoms with van der Waals surface area (Å²) in [6.45, 7) is 8.33. The van der Waals surface area contributed by atoms with E-state index in [4.69, 9.17) is 0 Å². The largest absolute Gasteiger partial charge is 0.361 e. The van der Waals surface area contributed by atoms with E-state index < -0.39 is 0 Å². The number of anilines is 1. The number of nitrogens with zero attached hydrogens (tertiary/aromatic N) is 1. The molecule has 3 aromatic rings. The van der Waals surface area contributed by atoms with Gasteiger partial charge < -0.3 is 15.2 Å². The Bertz CT molecular complexity index is 1110. The Labute approximate surface area is 190 Å². The average molecular weight is 432 g/mol. The van der Waals surface area contributed by atoms with E-state index in [9.17, 15) is 9.59 Å². The molecule has 0 atom stereocenters. The third-order valence-electron chi connectivity index (χ3n) is 6.95. The summed E-state index contributed by atoms with van der Waals surface area (Å²) in [4.78, 5) is 30.8. The van der Waals surface area contributed by atoms with E-state index in [2.05, 4.69) is 41.3 Å². The molecule has 0 saturated carbocycles. The van der Waals surface area contributed by atoms with Gasteiger partial charge in [0.25, 0.3) is 5.91 Å². The highest BCUT2D eigenvalue weighted by Gasteiger charge is 2.26. The average Bonchev–Trinajstić information content (AvgIpc) is 3.23. The highest BCUT2D eigenvalue weighted by molar-refractivity contribution is 6.12. The second-order valence-corrected chi connectivity index (χ2v) is 8.84. The quantitative estimate of drug-likeness (QED) is 0.452. The van der Waals surface area contributed by atoms with Crippen molar-refractivity contribution in [1.82, 2.24) is 9.88 Å². The van der Waals surface area contributed by atoms with Crippen LogP contribution in [0.2, 0.25) is 0 Å². The number of nitrogens with one attached hydrogen (secondary N) is 2. The number of Topliss-reactive ketones (excluding diaryl/α,β-unsaturated/α-hetero) is 1. The maximum Gasteiger partial charge on any atom is 0.256 e. The van der Waals surface area contributed by atoms with E-state index in [1.165, 1.54) is 30.7 Å². The maximum atomic E-state index is 12.9. The molecule has 168 valence electrons. The summed E-state index contributed by atoms with van der Waals surface area (Å²) in [5.74, 6) is 0.156. The summed E-state index contributed by atoms with van der Waals surface area (Å²) in [5.41, 5.74) is 4.02. The van der Waals surface area contributed by atoms with Gasteiger partial charge in [-0.2, -0.15) is 0 Å². The molecule has 2 heterocycles. The number of hydrogen-bond donors (Lipinski definition) is 2. The molecule has 0 radical (unpaired) electrons. The van der Waals surface area contributed by atoms with E-state index in [1.807, 2.05) is 12.1 Å². The Balaban J connectivity index is 1.53. The number of amides is 1. The lowest BCUT2D eigenvalue weighted by Crippen LogP contribution is -2.40. The van der Waals surface area contributed by atoms with Gasteiger partial charge >= 0.3 is 0 Å². The lowest BCUT2D eigenvalue weighted by Gasteiger charge is -2.37. The third kappa shape index (κ3) is 4.49. The fraction of sp³-hybridized carbons (Fsp3) is 0.407. The van der Waals surface area contributed by atoms with Crippen LogP contribution in [0, 0.1) is 0 Å². The van der Waals surface area contributed by atoms with Gasteiger partial charge in [0.05, 0.1) is 5.56 Å². The highest BCUT2D eigenvalue weighted by Crippen LogP contribution is 2.35. The summed E-state index contributed by atoms with van der Waals surface area (Å²) in [5, 5.41) is 4.16. The SMILES string of the molecule is CCC(CC)N1CCC(c2c[nH]c3ccc(NC(=O)c4ccccc4C(C)=O)cc23)CC1. The second kappa shape index (κ2) is 9.70. The van der Waals surface area contributed by atoms with Crippen LogP contribution in [-0.2, 0) is 0 Å². The predicted molar refractivity (Wildman–Crippen MR) is 131 cm³/mol. The Morgan fingerprint density at radius 2 is 1.75 bits per heavy atom. The molecule has 0 aliphatic carbocycles. The lowest BCUT2D eigenvalue weighted by atomic mass is 9.88. The van der Waals surface area contributed by atoms with Gasteiger partial charge in [-0.05, 0) is 81.4 Å². The molecule has 2 N–H and O–H groups in total. The van der Waals surface area contributed by atoms with E-state index in [-0.39, 0.29) is 11.7 Å². The van der Waals surface area contributed by atoms with Crippen LogP contribution < -0.4 is 5.32 Å².